The monoisotopic (exact) mass is 193 g/mol. The van der Waals surface area contributed by atoms with Gasteiger partial charge < -0.3 is 5.73 Å². The Morgan fingerprint density at radius 1 is 1.58 bits per heavy atom. The normalized spacial score (nSPS) is 29.1. The molecule has 1 aliphatic rings. The summed E-state index contributed by atoms with van der Waals surface area (Å²) in [5, 5.41) is 4.39. The Morgan fingerprint density at radius 3 is 2.50 bits per heavy atom. The van der Waals surface area contributed by atoms with Crippen molar-refractivity contribution in [2.75, 3.05) is 13.1 Å². The van der Waals surface area contributed by atoms with Crippen LogP contribution in [-0.2, 0) is 10.0 Å². The molecule has 1 fully saturated rings. The Bertz CT molecular complexity index is 252. The summed E-state index contributed by atoms with van der Waals surface area (Å²) < 4.78 is 21.8. The Labute approximate surface area is 72.8 Å². The number of primary sulfonamides is 1. The van der Waals surface area contributed by atoms with Crippen LogP contribution in [0.2, 0.25) is 0 Å². The van der Waals surface area contributed by atoms with Crippen LogP contribution in [0.25, 0.3) is 0 Å². The van der Waals surface area contributed by atoms with Gasteiger partial charge in [-0.05, 0) is 13.3 Å². The molecule has 1 saturated heterocycles. The fourth-order valence-electron chi connectivity index (χ4n) is 1.35. The van der Waals surface area contributed by atoms with Crippen LogP contribution in [0.4, 0.5) is 0 Å². The Hall–Kier alpha value is -0.170. The molecule has 1 rings (SSSR count). The van der Waals surface area contributed by atoms with E-state index < -0.39 is 15.4 Å². The van der Waals surface area contributed by atoms with Crippen LogP contribution in [0.5, 0.6) is 0 Å². The molecule has 0 radical (unpaired) electrons. The maximum Gasteiger partial charge on any atom is 0.225 e. The topological polar surface area (TPSA) is 89.4 Å². The van der Waals surface area contributed by atoms with E-state index in [1.165, 1.54) is 0 Å². The molecule has 1 aliphatic heterocycles. The number of hydrogen-bond acceptors (Lipinski definition) is 4. The molecular formula is C6H15N3O2S. The van der Waals surface area contributed by atoms with Gasteiger partial charge in [0.15, 0.2) is 0 Å². The van der Waals surface area contributed by atoms with E-state index in [-0.39, 0.29) is 6.04 Å². The molecule has 0 bridgehead atoms. The number of likely N-dealkylation sites (tertiary alicyclic amines) is 1. The molecule has 12 heavy (non-hydrogen) atoms. The van der Waals surface area contributed by atoms with Crippen LogP contribution in [0.15, 0.2) is 0 Å². The first kappa shape index (κ1) is 9.91. The van der Waals surface area contributed by atoms with Crippen LogP contribution in [0.3, 0.4) is 0 Å². The van der Waals surface area contributed by atoms with E-state index in [0.29, 0.717) is 6.54 Å². The minimum atomic E-state index is -3.44. The summed E-state index contributed by atoms with van der Waals surface area (Å²) in [7, 11) is -3.44. The highest BCUT2D eigenvalue weighted by Crippen LogP contribution is 2.12. The lowest BCUT2D eigenvalue weighted by Gasteiger charge is -2.21. The highest BCUT2D eigenvalue weighted by atomic mass is 32.2. The summed E-state index contributed by atoms with van der Waals surface area (Å²) in [6.45, 7) is 2.93. The first-order chi connectivity index (χ1) is 5.41. The minimum Gasteiger partial charge on any atom is -0.326 e. The lowest BCUT2D eigenvalue weighted by atomic mass is 10.3. The van der Waals surface area contributed by atoms with Gasteiger partial charge in [-0.15, -0.1) is 0 Å². The van der Waals surface area contributed by atoms with Crippen molar-refractivity contribution in [1.29, 1.82) is 0 Å². The SMILES string of the molecule is CC(N1CCC(N)C1)S(N)(=O)=O. The summed E-state index contributed by atoms with van der Waals surface area (Å²) in [5.41, 5.74) is 5.63. The van der Waals surface area contributed by atoms with Crippen molar-refractivity contribution in [3.63, 3.8) is 0 Å². The Balaban J connectivity index is 2.61. The molecule has 2 unspecified atom stereocenters. The zero-order valence-corrected chi connectivity index (χ0v) is 7.92. The Kier molecular flexibility index (Phi) is 2.72. The summed E-state index contributed by atoms with van der Waals surface area (Å²) in [4.78, 5) is 1.79. The molecule has 0 aliphatic carbocycles. The van der Waals surface area contributed by atoms with E-state index in [1.807, 2.05) is 0 Å². The molecule has 1 heterocycles. The number of rotatable bonds is 2. The van der Waals surface area contributed by atoms with E-state index in [4.69, 9.17) is 10.9 Å². The largest absolute Gasteiger partial charge is 0.326 e. The van der Waals surface area contributed by atoms with Crippen LogP contribution < -0.4 is 10.9 Å². The minimum absolute atomic E-state index is 0.0919. The van der Waals surface area contributed by atoms with Gasteiger partial charge in [-0.2, -0.15) is 0 Å². The van der Waals surface area contributed by atoms with Crippen molar-refractivity contribution in [2.24, 2.45) is 10.9 Å². The number of nitrogens with two attached hydrogens (primary N) is 2. The molecule has 5 nitrogen and oxygen atoms in total. The second-order valence-corrected chi connectivity index (χ2v) is 5.09. The quantitative estimate of drug-likeness (QED) is 0.567. The summed E-state index contributed by atoms with van der Waals surface area (Å²) >= 11 is 0. The summed E-state index contributed by atoms with van der Waals surface area (Å²) in [6.07, 6.45) is 0.847. The van der Waals surface area contributed by atoms with Crippen LogP contribution >= 0.6 is 0 Å². The molecule has 0 saturated carbocycles. The van der Waals surface area contributed by atoms with Gasteiger partial charge >= 0.3 is 0 Å². The number of hydrogen-bond donors (Lipinski definition) is 2. The molecule has 0 aromatic heterocycles. The number of nitrogens with zero attached hydrogens (tertiary/aromatic N) is 1. The third-order valence-corrected chi connectivity index (χ3v) is 3.49. The predicted molar refractivity (Wildman–Crippen MR) is 46.7 cm³/mol. The fraction of sp³-hybridized carbons (Fsp3) is 1.00. The highest BCUT2D eigenvalue weighted by molar-refractivity contribution is 7.89. The fourth-order valence-corrected chi connectivity index (χ4v) is 1.96. The molecular weight excluding hydrogens is 178 g/mol. The first-order valence-corrected chi connectivity index (χ1v) is 5.53. The number of sulfonamides is 1. The average Bonchev–Trinajstić information content (AvgIpc) is 2.32. The summed E-state index contributed by atoms with van der Waals surface area (Å²) in [5.74, 6) is 0. The molecule has 72 valence electrons. The molecule has 4 N–H and O–H groups in total. The van der Waals surface area contributed by atoms with Gasteiger partial charge in [-0.1, -0.05) is 0 Å². The van der Waals surface area contributed by atoms with Gasteiger partial charge in [0.05, 0.1) is 0 Å². The van der Waals surface area contributed by atoms with Crippen LogP contribution in [0, 0.1) is 0 Å². The van der Waals surface area contributed by atoms with Crippen LogP contribution in [-0.4, -0.2) is 37.8 Å². The average molecular weight is 193 g/mol. The zero-order valence-electron chi connectivity index (χ0n) is 7.10. The van der Waals surface area contributed by atoms with Crippen molar-refractivity contribution in [2.45, 2.75) is 24.8 Å². The van der Waals surface area contributed by atoms with Gasteiger partial charge in [-0.25, -0.2) is 13.6 Å². The second-order valence-electron chi connectivity index (χ2n) is 3.23. The molecule has 0 aromatic carbocycles. The molecule has 6 heteroatoms. The van der Waals surface area contributed by atoms with E-state index in [0.717, 1.165) is 13.0 Å². The molecule has 0 spiro atoms. The van der Waals surface area contributed by atoms with Crippen molar-refractivity contribution < 1.29 is 8.42 Å². The van der Waals surface area contributed by atoms with Crippen molar-refractivity contribution in [3.05, 3.63) is 0 Å². The lowest BCUT2D eigenvalue weighted by Crippen LogP contribution is -2.42. The first-order valence-electron chi connectivity index (χ1n) is 3.92. The smallest absolute Gasteiger partial charge is 0.225 e. The predicted octanol–water partition coefficient (Wildman–Crippen LogP) is -1.35. The van der Waals surface area contributed by atoms with Gasteiger partial charge in [-0.3, -0.25) is 4.90 Å². The third kappa shape index (κ3) is 2.16. The van der Waals surface area contributed by atoms with Crippen molar-refractivity contribution in [3.8, 4) is 0 Å². The van der Waals surface area contributed by atoms with E-state index in [1.54, 1.807) is 11.8 Å². The van der Waals surface area contributed by atoms with Gasteiger partial charge in [0, 0.05) is 19.1 Å². The second kappa shape index (κ2) is 3.29. The maximum atomic E-state index is 10.9. The standard InChI is InChI=1S/C6H15N3O2S/c1-5(12(8,10)11)9-3-2-6(7)4-9/h5-6H,2-4,7H2,1H3,(H2,8,10,11). The maximum absolute atomic E-state index is 10.9. The molecule has 2 atom stereocenters. The Morgan fingerprint density at radius 2 is 2.17 bits per heavy atom. The lowest BCUT2D eigenvalue weighted by molar-refractivity contribution is 0.314. The summed E-state index contributed by atoms with van der Waals surface area (Å²) in [6, 6.07) is 0.0919. The van der Waals surface area contributed by atoms with E-state index in [2.05, 4.69) is 0 Å². The molecule has 0 amide bonds. The van der Waals surface area contributed by atoms with E-state index >= 15 is 0 Å². The third-order valence-electron chi connectivity index (χ3n) is 2.25. The van der Waals surface area contributed by atoms with Gasteiger partial charge in [0.2, 0.25) is 10.0 Å². The van der Waals surface area contributed by atoms with Gasteiger partial charge in [0.25, 0.3) is 0 Å². The highest BCUT2D eigenvalue weighted by Gasteiger charge is 2.29. The van der Waals surface area contributed by atoms with Crippen molar-refractivity contribution in [1.82, 2.24) is 4.90 Å². The van der Waals surface area contributed by atoms with Gasteiger partial charge in [0.1, 0.15) is 5.37 Å². The van der Waals surface area contributed by atoms with E-state index in [9.17, 15) is 8.42 Å². The van der Waals surface area contributed by atoms with Crippen molar-refractivity contribution >= 4 is 10.0 Å². The zero-order chi connectivity index (χ0) is 9.35. The molecule has 0 aromatic rings. The van der Waals surface area contributed by atoms with Crippen LogP contribution in [0.1, 0.15) is 13.3 Å².